The Morgan fingerprint density at radius 2 is 1.34 bits per heavy atom. The molecule has 0 bridgehead atoms. The first-order chi connectivity index (χ1) is 14.1. The van der Waals surface area contributed by atoms with Gasteiger partial charge in [-0.3, -0.25) is 9.59 Å². The van der Waals surface area contributed by atoms with E-state index in [-0.39, 0.29) is 18.4 Å². The molecule has 0 spiro atoms. The highest BCUT2D eigenvalue weighted by Gasteiger charge is 2.04. The largest absolute Gasteiger partial charge is 0.494 e. The molecule has 0 saturated carbocycles. The third kappa shape index (κ3) is 8.68. The van der Waals surface area contributed by atoms with Gasteiger partial charge in [-0.2, -0.15) is 0 Å². The Bertz CT molecular complexity index is 758. The minimum atomic E-state index is -0.147. The Labute approximate surface area is 173 Å². The quantitative estimate of drug-likeness (QED) is 0.438. The number of carbonyl (C=O) groups is 2. The summed E-state index contributed by atoms with van der Waals surface area (Å²) in [4.78, 5) is 23.5. The average molecular weight is 398 g/mol. The maximum Gasteiger partial charge on any atom is 0.243 e. The molecule has 2 rings (SSSR count). The van der Waals surface area contributed by atoms with E-state index in [0.29, 0.717) is 17.8 Å². The molecular formula is C23H31N3O3. The number of benzene rings is 2. The second-order valence-electron chi connectivity index (χ2n) is 6.81. The Morgan fingerprint density at radius 1 is 0.759 bits per heavy atom. The summed E-state index contributed by atoms with van der Waals surface area (Å²) in [7, 11) is 0. The minimum Gasteiger partial charge on any atom is -0.494 e. The molecule has 0 aliphatic rings. The summed E-state index contributed by atoms with van der Waals surface area (Å²) >= 11 is 0. The second-order valence-corrected chi connectivity index (χ2v) is 6.81. The molecule has 2 amide bonds. The fourth-order valence-electron chi connectivity index (χ4n) is 2.66. The van der Waals surface area contributed by atoms with Gasteiger partial charge >= 0.3 is 0 Å². The summed E-state index contributed by atoms with van der Waals surface area (Å²) in [5, 5.41) is 8.69. The van der Waals surface area contributed by atoms with Gasteiger partial charge < -0.3 is 20.7 Å². The van der Waals surface area contributed by atoms with Crippen molar-refractivity contribution in [1.82, 2.24) is 0 Å². The van der Waals surface area contributed by atoms with Crippen molar-refractivity contribution in [3.8, 4) is 5.75 Å². The van der Waals surface area contributed by atoms with E-state index in [1.165, 1.54) is 19.3 Å². The van der Waals surface area contributed by atoms with Gasteiger partial charge in [0, 0.05) is 23.5 Å². The molecule has 2 aromatic carbocycles. The zero-order valence-corrected chi connectivity index (χ0v) is 17.3. The summed E-state index contributed by atoms with van der Waals surface area (Å²) in [5.41, 5.74) is 2.25. The number of hydrogen-bond acceptors (Lipinski definition) is 4. The van der Waals surface area contributed by atoms with Crippen LogP contribution in [0.2, 0.25) is 0 Å². The van der Waals surface area contributed by atoms with Gasteiger partial charge in [0.1, 0.15) is 5.75 Å². The highest BCUT2D eigenvalue weighted by molar-refractivity contribution is 5.94. The summed E-state index contributed by atoms with van der Waals surface area (Å²) in [6.45, 7) is 4.88. The highest BCUT2D eigenvalue weighted by Crippen LogP contribution is 2.17. The van der Waals surface area contributed by atoms with Gasteiger partial charge in [-0.1, -0.05) is 33.1 Å². The van der Waals surface area contributed by atoms with Gasteiger partial charge in [-0.25, -0.2) is 0 Å². The Kier molecular flexibility index (Phi) is 9.55. The van der Waals surface area contributed by atoms with Gasteiger partial charge in [0.15, 0.2) is 0 Å². The molecule has 0 aromatic heterocycles. The SMILES string of the molecule is CCCCCCOc1ccc(NCC(=O)Nc2ccc(NC(=O)CC)cc2)cc1. The molecule has 6 heteroatoms. The van der Waals surface area contributed by atoms with E-state index in [0.717, 1.165) is 24.5 Å². The van der Waals surface area contributed by atoms with E-state index in [9.17, 15) is 9.59 Å². The van der Waals surface area contributed by atoms with Crippen LogP contribution in [0.15, 0.2) is 48.5 Å². The second kappa shape index (κ2) is 12.4. The van der Waals surface area contributed by atoms with Crippen LogP contribution in [0.4, 0.5) is 17.1 Å². The maximum absolute atomic E-state index is 12.1. The maximum atomic E-state index is 12.1. The van der Waals surface area contributed by atoms with Crippen LogP contribution in [-0.2, 0) is 9.59 Å². The fraction of sp³-hybridized carbons (Fsp3) is 0.391. The van der Waals surface area contributed by atoms with Crippen molar-refractivity contribution in [3.63, 3.8) is 0 Å². The first-order valence-corrected chi connectivity index (χ1v) is 10.3. The van der Waals surface area contributed by atoms with Crippen LogP contribution in [0.3, 0.4) is 0 Å². The standard InChI is InChI=1S/C23H31N3O3/c1-3-5-6-7-16-29-21-14-12-18(13-15-21)24-17-23(28)26-20-10-8-19(9-11-20)25-22(27)4-2/h8-15,24H,3-7,16-17H2,1-2H3,(H,25,27)(H,26,28). The van der Waals surface area contributed by atoms with E-state index in [1.807, 2.05) is 24.3 Å². The number of unbranched alkanes of at least 4 members (excludes halogenated alkanes) is 3. The topological polar surface area (TPSA) is 79.5 Å². The van der Waals surface area contributed by atoms with E-state index in [4.69, 9.17) is 4.74 Å². The molecule has 3 N–H and O–H groups in total. The molecule has 0 aliphatic heterocycles. The number of amides is 2. The normalized spacial score (nSPS) is 10.3. The molecule has 0 radical (unpaired) electrons. The third-order valence-electron chi connectivity index (χ3n) is 4.35. The lowest BCUT2D eigenvalue weighted by molar-refractivity contribution is -0.116. The van der Waals surface area contributed by atoms with E-state index in [1.54, 1.807) is 31.2 Å². The summed E-state index contributed by atoms with van der Waals surface area (Å²) in [5.74, 6) is 0.650. The van der Waals surface area contributed by atoms with Gasteiger partial charge in [-0.15, -0.1) is 0 Å². The number of rotatable bonds is 12. The van der Waals surface area contributed by atoms with Gasteiger partial charge in [0.05, 0.1) is 13.2 Å². The molecule has 0 saturated heterocycles. The predicted molar refractivity (Wildman–Crippen MR) is 119 cm³/mol. The first-order valence-electron chi connectivity index (χ1n) is 10.3. The predicted octanol–water partition coefficient (Wildman–Crippen LogP) is 5.04. The number of anilines is 3. The molecule has 156 valence electrons. The molecule has 29 heavy (non-hydrogen) atoms. The average Bonchev–Trinajstić information content (AvgIpc) is 2.74. The van der Waals surface area contributed by atoms with Crippen LogP contribution in [0.25, 0.3) is 0 Å². The van der Waals surface area contributed by atoms with Crippen molar-refractivity contribution in [1.29, 1.82) is 0 Å². The Hall–Kier alpha value is -3.02. The van der Waals surface area contributed by atoms with Gasteiger partial charge in [0.25, 0.3) is 0 Å². The Morgan fingerprint density at radius 3 is 1.93 bits per heavy atom. The van der Waals surface area contributed by atoms with Crippen LogP contribution < -0.4 is 20.7 Å². The van der Waals surface area contributed by atoms with Crippen LogP contribution in [0, 0.1) is 0 Å². The summed E-state index contributed by atoms with van der Waals surface area (Å²) in [6.07, 6.45) is 5.15. The molecule has 0 atom stereocenters. The van der Waals surface area contributed by atoms with Crippen LogP contribution in [0.5, 0.6) is 5.75 Å². The van der Waals surface area contributed by atoms with E-state index >= 15 is 0 Å². The van der Waals surface area contributed by atoms with Crippen molar-refractivity contribution < 1.29 is 14.3 Å². The van der Waals surface area contributed by atoms with Crippen molar-refractivity contribution in [3.05, 3.63) is 48.5 Å². The van der Waals surface area contributed by atoms with E-state index in [2.05, 4.69) is 22.9 Å². The smallest absolute Gasteiger partial charge is 0.243 e. The molecule has 0 heterocycles. The van der Waals surface area contributed by atoms with Crippen molar-refractivity contribution in [2.75, 3.05) is 29.1 Å². The van der Waals surface area contributed by atoms with Crippen molar-refractivity contribution in [2.45, 2.75) is 46.0 Å². The molecule has 6 nitrogen and oxygen atoms in total. The fourth-order valence-corrected chi connectivity index (χ4v) is 2.66. The zero-order chi connectivity index (χ0) is 20.9. The molecule has 0 unspecified atom stereocenters. The molecule has 0 fully saturated rings. The van der Waals surface area contributed by atoms with E-state index < -0.39 is 0 Å². The number of nitrogens with one attached hydrogen (secondary N) is 3. The molecular weight excluding hydrogens is 366 g/mol. The summed E-state index contributed by atoms with van der Waals surface area (Å²) < 4.78 is 5.72. The summed E-state index contributed by atoms with van der Waals surface area (Å²) in [6, 6.07) is 14.7. The van der Waals surface area contributed by atoms with Crippen LogP contribution in [0.1, 0.15) is 46.0 Å². The lowest BCUT2D eigenvalue weighted by atomic mass is 10.2. The zero-order valence-electron chi connectivity index (χ0n) is 17.3. The van der Waals surface area contributed by atoms with Crippen LogP contribution in [-0.4, -0.2) is 25.0 Å². The van der Waals surface area contributed by atoms with Crippen LogP contribution >= 0.6 is 0 Å². The molecule has 2 aromatic rings. The number of hydrogen-bond donors (Lipinski definition) is 3. The lowest BCUT2D eigenvalue weighted by Gasteiger charge is -2.10. The lowest BCUT2D eigenvalue weighted by Crippen LogP contribution is -2.21. The highest BCUT2D eigenvalue weighted by atomic mass is 16.5. The first kappa shape index (κ1) is 22.3. The monoisotopic (exact) mass is 397 g/mol. The minimum absolute atomic E-state index is 0.0427. The Balaban J connectivity index is 1.71. The van der Waals surface area contributed by atoms with Gasteiger partial charge in [-0.05, 0) is 55.0 Å². The molecule has 0 aliphatic carbocycles. The number of ether oxygens (including phenoxy) is 1. The van der Waals surface area contributed by atoms with Crippen molar-refractivity contribution in [2.24, 2.45) is 0 Å². The number of carbonyl (C=O) groups excluding carboxylic acids is 2. The van der Waals surface area contributed by atoms with Crippen molar-refractivity contribution >= 4 is 28.9 Å². The van der Waals surface area contributed by atoms with Gasteiger partial charge in [0.2, 0.25) is 11.8 Å². The third-order valence-corrected chi connectivity index (χ3v) is 4.35.